The highest BCUT2D eigenvalue weighted by molar-refractivity contribution is 7.71. The Labute approximate surface area is 117 Å². The van der Waals surface area contributed by atoms with Crippen molar-refractivity contribution in [2.75, 3.05) is 5.32 Å². The number of benzene rings is 1. The van der Waals surface area contributed by atoms with E-state index < -0.39 is 0 Å². The lowest BCUT2D eigenvalue weighted by Gasteiger charge is -2.12. The van der Waals surface area contributed by atoms with E-state index in [1.165, 1.54) is 6.92 Å². The van der Waals surface area contributed by atoms with Crippen LogP contribution in [0.25, 0.3) is 5.69 Å². The Bertz CT molecular complexity index is 655. The average Bonchev–Trinajstić information content (AvgIpc) is 2.70. The molecular formula is C14H17N3OS. The fourth-order valence-electron chi connectivity index (χ4n) is 2.00. The number of nitrogens with zero attached hydrogens (tertiary/aromatic N) is 1. The number of H-pyrrole nitrogens is 1. The lowest BCUT2D eigenvalue weighted by Crippen LogP contribution is -2.07. The molecule has 100 valence electrons. The quantitative estimate of drug-likeness (QED) is 0.841. The Morgan fingerprint density at radius 2 is 2.16 bits per heavy atom. The van der Waals surface area contributed by atoms with Gasteiger partial charge in [-0.15, -0.1) is 0 Å². The SMILES string of the molecule is CC(=O)Nc1cccc(-n2c(C(C)C)c[nH]c2=S)c1. The molecular weight excluding hydrogens is 258 g/mol. The molecule has 0 aliphatic rings. The van der Waals surface area contributed by atoms with Gasteiger partial charge in [0.15, 0.2) is 4.77 Å². The van der Waals surface area contributed by atoms with Gasteiger partial charge in [0.25, 0.3) is 0 Å². The second-order valence-electron chi connectivity index (χ2n) is 4.74. The first kappa shape index (κ1) is 13.5. The van der Waals surface area contributed by atoms with Crippen LogP contribution in [0.2, 0.25) is 0 Å². The summed E-state index contributed by atoms with van der Waals surface area (Å²) in [5.41, 5.74) is 2.83. The summed E-state index contributed by atoms with van der Waals surface area (Å²) in [6, 6.07) is 7.65. The summed E-state index contributed by atoms with van der Waals surface area (Å²) in [5, 5.41) is 2.78. The van der Waals surface area contributed by atoms with E-state index >= 15 is 0 Å². The van der Waals surface area contributed by atoms with Crippen molar-refractivity contribution < 1.29 is 4.79 Å². The first-order chi connectivity index (χ1) is 8.99. The number of nitrogens with one attached hydrogen (secondary N) is 2. The van der Waals surface area contributed by atoms with Crippen LogP contribution in [0.4, 0.5) is 5.69 Å². The van der Waals surface area contributed by atoms with Crippen LogP contribution in [0.15, 0.2) is 30.5 Å². The predicted molar refractivity (Wildman–Crippen MR) is 79.3 cm³/mol. The van der Waals surface area contributed by atoms with E-state index in [2.05, 4.69) is 24.1 Å². The normalized spacial score (nSPS) is 10.7. The van der Waals surface area contributed by atoms with Gasteiger partial charge in [0, 0.05) is 24.5 Å². The highest BCUT2D eigenvalue weighted by atomic mass is 32.1. The first-order valence-corrected chi connectivity index (χ1v) is 6.58. The van der Waals surface area contributed by atoms with Crippen molar-refractivity contribution in [2.24, 2.45) is 0 Å². The number of rotatable bonds is 3. The summed E-state index contributed by atoms with van der Waals surface area (Å²) in [6.07, 6.45) is 1.93. The highest BCUT2D eigenvalue weighted by Gasteiger charge is 2.10. The molecule has 1 aromatic heterocycles. The number of hydrogen-bond acceptors (Lipinski definition) is 2. The third kappa shape index (κ3) is 2.93. The molecule has 0 aliphatic heterocycles. The molecule has 1 amide bonds. The maximum Gasteiger partial charge on any atom is 0.221 e. The molecule has 0 radical (unpaired) electrons. The van der Waals surface area contributed by atoms with Gasteiger partial charge in [-0.25, -0.2) is 0 Å². The maximum atomic E-state index is 11.1. The highest BCUT2D eigenvalue weighted by Crippen LogP contribution is 2.22. The Morgan fingerprint density at radius 1 is 1.42 bits per heavy atom. The number of hydrogen-bond donors (Lipinski definition) is 2. The number of imidazole rings is 1. The third-order valence-electron chi connectivity index (χ3n) is 2.82. The molecule has 1 aromatic carbocycles. The van der Waals surface area contributed by atoms with Gasteiger partial charge in [-0.3, -0.25) is 9.36 Å². The molecule has 2 rings (SSSR count). The van der Waals surface area contributed by atoms with Crippen molar-refractivity contribution in [3.63, 3.8) is 0 Å². The molecule has 0 bridgehead atoms. The first-order valence-electron chi connectivity index (χ1n) is 6.17. The number of aromatic amines is 1. The van der Waals surface area contributed by atoms with Gasteiger partial charge in [-0.1, -0.05) is 19.9 Å². The second-order valence-corrected chi connectivity index (χ2v) is 5.13. The molecule has 0 fully saturated rings. The topological polar surface area (TPSA) is 49.8 Å². The van der Waals surface area contributed by atoms with Gasteiger partial charge < -0.3 is 10.3 Å². The molecule has 1 heterocycles. The Kier molecular flexibility index (Phi) is 3.85. The van der Waals surface area contributed by atoms with E-state index in [0.29, 0.717) is 10.7 Å². The van der Waals surface area contributed by atoms with Crippen LogP contribution in [0, 0.1) is 4.77 Å². The third-order valence-corrected chi connectivity index (χ3v) is 3.12. The van der Waals surface area contributed by atoms with Crippen molar-refractivity contribution in [1.82, 2.24) is 9.55 Å². The fraction of sp³-hybridized carbons (Fsp3) is 0.286. The smallest absolute Gasteiger partial charge is 0.221 e. The van der Waals surface area contributed by atoms with Crippen LogP contribution in [-0.2, 0) is 4.79 Å². The Hall–Kier alpha value is -1.88. The van der Waals surface area contributed by atoms with E-state index in [0.717, 1.165) is 17.1 Å². The largest absolute Gasteiger partial charge is 0.337 e. The average molecular weight is 275 g/mol. The van der Waals surface area contributed by atoms with Gasteiger partial charge in [0.1, 0.15) is 0 Å². The Balaban J connectivity index is 2.50. The van der Waals surface area contributed by atoms with Crippen LogP contribution in [0.1, 0.15) is 32.4 Å². The second kappa shape index (κ2) is 5.40. The maximum absolute atomic E-state index is 11.1. The lowest BCUT2D eigenvalue weighted by molar-refractivity contribution is -0.114. The molecule has 19 heavy (non-hydrogen) atoms. The van der Waals surface area contributed by atoms with Crippen LogP contribution >= 0.6 is 12.2 Å². The van der Waals surface area contributed by atoms with Gasteiger partial charge in [0.2, 0.25) is 5.91 Å². The standard InChI is InChI=1S/C14H17N3OS/c1-9(2)13-8-15-14(19)17(13)12-6-4-5-11(7-12)16-10(3)18/h4-9H,1-3H3,(H,15,19)(H,16,18). The van der Waals surface area contributed by atoms with E-state index in [-0.39, 0.29) is 5.91 Å². The van der Waals surface area contributed by atoms with Crippen LogP contribution in [0.5, 0.6) is 0 Å². The van der Waals surface area contributed by atoms with Crippen molar-refractivity contribution in [3.05, 3.63) is 40.9 Å². The summed E-state index contributed by atoms with van der Waals surface area (Å²) in [7, 11) is 0. The van der Waals surface area contributed by atoms with Crippen molar-refractivity contribution in [3.8, 4) is 5.69 Å². The number of anilines is 1. The summed E-state index contributed by atoms with van der Waals surface area (Å²) >= 11 is 5.33. The summed E-state index contributed by atoms with van der Waals surface area (Å²) < 4.78 is 2.65. The van der Waals surface area contributed by atoms with E-state index in [1.807, 2.05) is 35.0 Å². The zero-order chi connectivity index (χ0) is 14.0. The number of aromatic nitrogens is 2. The zero-order valence-electron chi connectivity index (χ0n) is 11.2. The zero-order valence-corrected chi connectivity index (χ0v) is 12.0. The molecule has 0 saturated carbocycles. The van der Waals surface area contributed by atoms with E-state index in [4.69, 9.17) is 12.2 Å². The number of carbonyl (C=O) groups excluding carboxylic acids is 1. The summed E-state index contributed by atoms with van der Waals surface area (Å²) in [5.74, 6) is 0.274. The number of carbonyl (C=O) groups is 1. The molecule has 0 saturated heterocycles. The Morgan fingerprint density at radius 3 is 2.79 bits per heavy atom. The van der Waals surface area contributed by atoms with Crippen LogP contribution < -0.4 is 5.32 Å². The summed E-state index contributed by atoms with van der Waals surface area (Å²) in [6.45, 7) is 5.73. The van der Waals surface area contributed by atoms with E-state index in [1.54, 1.807) is 0 Å². The number of amides is 1. The van der Waals surface area contributed by atoms with Gasteiger partial charge in [-0.05, 0) is 36.3 Å². The molecule has 0 unspecified atom stereocenters. The van der Waals surface area contributed by atoms with Crippen LogP contribution in [0.3, 0.4) is 0 Å². The molecule has 0 aliphatic carbocycles. The minimum absolute atomic E-state index is 0.0844. The minimum Gasteiger partial charge on any atom is -0.337 e. The molecule has 2 aromatic rings. The monoisotopic (exact) mass is 275 g/mol. The molecule has 2 N–H and O–H groups in total. The van der Waals surface area contributed by atoms with Crippen molar-refractivity contribution >= 4 is 23.8 Å². The van der Waals surface area contributed by atoms with Gasteiger partial charge in [0.05, 0.1) is 5.69 Å². The fourth-order valence-corrected chi connectivity index (χ4v) is 2.27. The molecule has 4 nitrogen and oxygen atoms in total. The molecule has 0 spiro atoms. The van der Waals surface area contributed by atoms with Gasteiger partial charge in [-0.2, -0.15) is 0 Å². The predicted octanol–water partition coefficient (Wildman–Crippen LogP) is 3.62. The van der Waals surface area contributed by atoms with Crippen molar-refractivity contribution in [1.29, 1.82) is 0 Å². The minimum atomic E-state index is -0.0844. The van der Waals surface area contributed by atoms with E-state index in [9.17, 15) is 4.79 Å². The summed E-state index contributed by atoms with van der Waals surface area (Å²) in [4.78, 5) is 14.2. The van der Waals surface area contributed by atoms with Crippen LogP contribution in [-0.4, -0.2) is 15.5 Å². The molecule has 0 atom stereocenters. The molecule has 5 heteroatoms. The van der Waals surface area contributed by atoms with Crippen molar-refractivity contribution in [2.45, 2.75) is 26.7 Å². The van der Waals surface area contributed by atoms with Gasteiger partial charge >= 0.3 is 0 Å². The lowest BCUT2D eigenvalue weighted by atomic mass is 10.1.